The van der Waals surface area contributed by atoms with Gasteiger partial charge in [-0.15, -0.1) is 0 Å². The van der Waals surface area contributed by atoms with Crippen molar-refractivity contribution in [3.63, 3.8) is 0 Å². The Balaban J connectivity index is 2.51. The molecule has 0 aliphatic heterocycles. The molecule has 0 aliphatic carbocycles. The lowest BCUT2D eigenvalue weighted by atomic mass is 9.96. The van der Waals surface area contributed by atoms with Gasteiger partial charge in [-0.25, -0.2) is 0 Å². The zero-order valence-corrected chi connectivity index (χ0v) is 10.7. The molecule has 106 valence electrons. The molecule has 0 aliphatic rings. The highest BCUT2D eigenvalue weighted by molar-refractivity contribution is 5.42. The lowest BCUT2D eigenvalue weighted by Crippen LogP contribution is -2.13. The maximum Gasteiger partial charge on any atom is 0.416 e. The van der Waals surface area contributed by atoms with E-state index in [1.807, 2.05) is 0 Å². The zero-order valence-electron chi connectivity index (χ0n) is 10.7. The Morgan fingerprint density at radius 1 is 1.05 bits per heavy atom. The molecule has 2 nitrogen and oxygen atoms in total. The number of hydrogen-bond acceptors (Lipinski definition) is 2. The van der Waals surface area contributed by atoms with E-state index in [9.17, 15) is 18.3 Å². The van der Waals surface area contributed by atoms with Crippen LogP contribution in [0.5, 0.6) is 5.75 Å². The van der Waals surface area contributed by atoms with Gasteiger partial charge in [0.15, 0.2) is 0 Å². The van der Waals surface area contributed by atoms with Crippen LogP contribution in [0.2, 0.25) is 0 Å². The van der Waals surface area contributed by atoms with E-state index in [1.54, 1.807) is 30.3 Å². The quantitative estimate of drug-likeness (QED) is 0.928. The number of rotatable bonds is 3. The molecule has 2 aromatic carbocycles. The Hall–Kier alpha value is -2.01. The largest absolute Gasteiger partial charge is 0.497 e. The maximum atomic E-state index is 13.1. The summed E-state index contributed by atoms with van der Waals surface area (Å²) in [5, 5.41) is 10.2. The van der Waals surface area contributed by atoms with Gasteiger partial charge in [0.05, 0.1) is 12.7 Å². The average molecular weight is 282 g/mol. The summed E-state index contributed by atoms with van der Waals surface area (Å²) < 4.78 is 44.0. The predicted molar refractivity (Wildman–Crippen MR) is 68.5 cm³/mol. The van der Waals surface area contributed by atoms with Crippen LogP contribution in [0.3, 0.4) is 0 Å². The number of benzene rings is 2. The molecule has 1 atom stereocenters. The van der Waals surface area contributed by atoms with E-state index in [0.717, 1.165) is 6.07 Å². The Morgan fingerprint density at radius 3 is 2.25 bits per heavy atom. The molecule has 0 amide bonds. The van der Waals surface area contributed by atoms with Crippen LogP contribution in [0.15, 0.2) is 48.5 Å². The molecule has 2 rings (SSSR count). The van der Waals surface area contributed by atoms with Gasteiger partial charge in [-0.05, 0) is 23.3 Å². The lowest BCUT2D eigenvalue weighted by molar-refractivity contribution is -0.139. The van der Waals surface area contributed by atoms with Crippen molar-refractivity contribution in [3.8, 4) is 5.75 Å². The standard InChI is InChI=1S/C15H13F3O2/c1-20-11-7-8-12(13(9-11)15(16,17)18)14(19)10-5-3-2-4-6-10/h2-9,14,19H,1H3. The highest BCUT2D eigenvalue weighted by atomic mass is 19.4. The van der Waals surface area contributed by atoms with Gasteiger partial charge in [-0.1, -0.05) is 36.4 Å². The number of alkyl halides is 3. The molecule has 0 fully saturated rings. The van der Waals surface area contributed by atoms with Crippen LogP contribution >= 0.6 is 0 Å². The summed E-state index contributed by atoms with van der Waals surface area (Å²) in [7, 11) is 1.29. The molecule has 2 aromatic rings. The van der Waals surface area contributed by atoms with Crippen molar-refractivity contribution in [1.29, 1.82) is 0 Å². The van der Waals surface area contributed by atoms with Crippen molar-refractivity contribution in [1.82, 2.24) is 0 Å². The fourth-order valence-electron chi connectivity index (χ4n) is 1.96. The second kappa shape index (κ2) is 5.54. The molecule has 0 spiro atoms. The second-order valence-electron chi connectivity index (χ2n) is 4.26. The lowest BCUT2D eigenvalue weighted by Gasteiger charge is -2.18. The molecule has 0 radical (unpaired) electrons. The van der Waals surface area contributed by atoms with Crippen LogP contribution in [0.1, 0.15) is 22.8 Å². The first kappa shape index (κ1) is 14.4. The highest BCUT2D eigenvalue weighted by Crippen LogP contribution is 2.38. The zero-order chi connectivity index (χ0) is 14.8. The van der Waals surface area contributed by atoms with Crippen molar-refractivity contribution >= 4 is 0 Å². The van der Waals surface area contributed by atoms with E-state index in [1.165, 1.54) is 19.2 Å². The Morgan fingerprint density at radius 2 is 1.70 bits per heavy atom. The molecular formula is C15H13F3O2. The third-order valence-electron chi connectivity index (χ3n) is 2.98. The van der Waals surface area contributed by atoms with E-state index < -0.39 is 17.8 Å². The minimum absolute atomic E-state index is 0.0985. The van der Waals surface area contributed by atoms with Crippen LogP contribution in [0.25, 0.3) is 0 Å². The molecule has 0 heterocycles. The first-order chi connectivity index (χ1) is 9.43. The van der Waals surface area contributed by atoms with E-state index in [0.29, 0.717) is 5.56 Å². The van der Waals surface area contributed by atoms with Gasteiger partial charge in [0, 0.05) is 0 Å². The first-order valence-electron chi connectivity index (χ1n) is 5.91. The van der Waals surface area contributed by atoms with Gasteiger partial charge in [-0.3, -0.25) is 0 Å². The topological polar surface area (TPSA) is 29.5 Å². The number of hydrogen-bond donors (Lipinski definition) is 1. The van der Waals surface area contributed by atoms with Crippen LogP contribution in [-0.2, 0) is 6.18 Å². The minimum atomic E-state index is -4.56. The Kier molecular flexibility index (Phi) is 3.99. The van der Waals surface area contributed by atoms with Crippen molar-refractivity contribution in [2.75, 3.05) is 7.11 Å². The summed E-state index contributed by atoms with van der Waals surface area (Å²) in [4.78, 5) is 0. The molecule has 20 heavy (non-hydrogen) atoms. The first-order valence-corrected chi connectivity index (χ1v) is 5.91. The molecule has 0 bridgehead atoms. The third-order valence-corrected chi connectivity index (χ3v) is 2.98. The summed E-state index contributed by atoms with van der Waals surface area (Å²) in [6.45, 7) is 0. The van der Waals surface area contributed by atoms with Gasteiger partial charge in [0.25, 0.3) is 0 Å². The minimum Gasteiger partial charge on any atom is -0.497 e. The van der Waals surface area contributed by atoms with E-state index in [-0.39, 0.29) is 11.3 Å². The number of aliphatic hydroxyl groups excluding tert-OH is 1. The summed E-state index contributed by atoms with van der Waals surface area (Å²) in [5.74, 6) is 0.0985. The SMILES string of the molecule is COc1ccc(C(O)c2ccccc2)c(C(F)(F)F)c1. The second-order valence-corrected chi connectivity index (χ2v) is 4.26. The summed E-state index contributed by atoms with van der Waals surface area (Å²) in [6.07, 6.45) is -5.89. The van der Waals surface area contributed by atoms with Crippen molar-refractivity contribution in [2.45, 2.75) is 12.3 Å². The highest BCUT2D eigenvalue weighted by Gasteiger charge is 2.35. The number of halogens is 3. The summed E-state index contributed by atoms with van der Waals surface area (Å²) >= 11 is 0. The van der Waals surface area contributed by atoms with Crippen LogP contribution < -0.4 is 4.74 Å². The molecule has 0 saturated heterocycles. The van der Waals surface area contributed by atoms with E-state index in [4.69, 9.17) is 4.74 Å². The normalized spacial score (nSPS) is 13.1. The van der Waals surface area contributed by atoms with Gasteiger partial charge < -0.3 is 9.84 Å². The van der Waals surface area contributed by atoms with Gasteiger partial charge in [0.1, 0.15) is 11.9 Å². The number of ether oxygens (including phenoxy) is 1. The molecule has 5 heteroatoms. The van der Waals surface area contributed by atoms with Gasteiger partial charge >= 0.3 is 6.18 Å². The number of methoxy groups -OCH3 is 1. The third kappa shape index (κ3) is 2.93. The van der Waals surface area contributed by atoms with Gasteiger partial charge in [0.2, 0.25) is 0 Å². The summed E-state index contributed by atoms with van der Waals surface area (Å²) in [5.41, 5.74) is -0.680. The van der Waals surface area contributed by atoms with Crippen molar-refractivity contribution in [2.24, 2.45) is 0 Å². The Bertz CT molecular complexity index is 579. The molecule has 1 N–H and O–H groups in total. The average Bonchev–Trinajstić information content (AvgIpc) is 2.46. The van der Waals surface area contributed by atoms with Crippen molar-refractivity contribution in [3.05, 3.63) is 65.2 Å². The Labute approximate surface area is 114 Å². The smallest absolute Gasteiger partial charge is 0.416 e. The summed E-state index contributed by atoms with van der Waals surface area (Å²) in [6, 6.07) is 11.7. The molecule has 0 aromatic heterocycles. The molecular weight excluding hydrogens is 269 g/mol. The fraction of sp³-hybridized carbons (Fsp3) is 0.200. The number of aliphatic hydroxyl groups is 1. The van der Waals surface area contributed by atoms with Crippen molar-refractivity contribution < 1.29 is 23.0 Å². The van der Waals surface area contributed by atoms with Crippen LogP contribution in [-0.4, -0.2) is 12.2 Å². The monoisotopic (exact) mass is 282 g/mol. The van der Waals surface area contributed by atoms with Crippen LogP contribution in [0.4, 0.5) is 13.2 Å². The predicted octanol–water partition coefficient (Wildman–Crippen LogP) is 3.80. The molecule has 0 saturated carbocycles. The van der Waals surface area contributed by atoms with E-state index in [2.05, 4.69) is 0 Å². The maximum absolute atomic E-state index is 13.1. The van der Waals surface area contributed by atoms with E-state index >= 15 is 0 Å². The van der Waals surface area contributed by atoms with Crippen LogP contribution in [0, 0.1) is 0 Å². The fourth-order valence-corrected chi connectivity index (χ4v) is 1.96. The molecule has 1 unspecified atom stereocenters. The van der Waals surface area contributed by atoms with Gasteiger partial charge in [-0.2, -0.15) is 13.2 Å².